The Morgan fingerprint density at radius 3 is 2.52 bits per heavy atom. The minimum atomic E-state index is -0.402. The molecular weight excluding hydrogens is 299 g/mol. The summed E-state index contributed by atoms with van der Waals surface area (Å²) in [6, 6.07) is 12.7. The topological polar surface area (TPSA) is 67.4 Å². The highest BCUT2D eigenvalue weighted by molar-refractivity contribution is 5.94. The number of halogens is 1. The van der Waals surface area contributed by atoms with E-state index in [2.05, 4.69) is 10.6 Å². The summed E-state index contributed by atoms with van der Waals surface area (Å²) in [6.07, 6.45) is 0. The summed E-state index contributed by atoms with van der Waals surface area (Å²) in [7, 11) is 0. The molecule has 0 aliphatic carbocycles. The van der Waals surface area contributed by atoms with Gasteiger partial charge in [0.25, 0.3) is 5.91 Å². The first-order valence-corrected chi connectivity index (χ1v) is 7.04. The van der Waals surface area contributed by atoms with E-state index < -0.39 is 11.8 Å². The van der Waals surface area contributed by atoms with Gasteiger partial charge in [-0.15, -0.1) is 0 Å². The number of benzene rings is 2. The zero-order chi connectivity index (χ0) is 16.7. The number of aryl methyl sites for hydroxylation is 1. The van der Waals surface area contributed by atoms with Crippen LogP contribution in [0.3, 0.4) is 0 Å². The Morgan fingerprint density at radius 2 is 1.83 bits per heavy atom. The lowest BCUT2D eigenvalue weighted by Crippen LogP contribution is -2.35. The molecule has 2 N–H and O–H groups in total. The van der Waals surface area contributed by atoms with Crippen LogP contribution in [0.25, 0.3) is 0 Å². The SMILES string of the molecule is Cc1cccc(OCC(=O)NCC(=O)Nc2ccc(F)cc2)c1. The van der Waals surface area contributed by atoms with Crippen molar-refractivity contribution in [2.45, 2.75) is 6.92 Å². The number of rotatable bonds is 6. The van der Waals surface area contributed by atoms with Gasteiger partial charge in [0.1, 0.15) is 11.6 Å². The summed E-state index contributed by atoms with van der Waals surface area (Å²) < 4.78 is 18.1. The molecule has 0 aromatic heterocycles. The number of nitrogens with one attached hydrogen (secondary N) is 2. The molecule has 2 aromatic rings. The molecule has 120 valence electrons. The molecule has 23 heavy (non-hydrogen) atoms. The van der Waals surface area contributed by atoms with Gasteiger partial charge in [-0.2, -0.15) is 0 Å². The van der Waals surface area contributed by atoms with Crippen LogP contribution in [0.2, 0.25) is 0 Å². The van der Waals surface area contributed by atoms with Gasteiger partial charge in [-0.3, -0.25) is 9.59 Å². The zero-order valence-corrected chi connectivity index (χ0v) is 12.6. The fourth-order valence-corrected chi connectivity index (χ4v) is 1.82. The fraction of sp³-hybridized carbons (Fsp3) is 0.176. The largest absolute Gasteiger partial charge is 0.484 e. The number of carbonyl (C=O) groups is 2. The van der Waals surface area contributed by atoms with Gasteiger partial charge in [0.2, 0.25) is 5.91 Å². The highest BCUT2D eigenvalue weighted by Gasteiger charge is 2.07. The maximum atomic E-state index is 12.7. The van der Waals surface area contributed by atoms with E-state index >= 15 is 0 Å². The van der Waals surface area contributed by atoms with Crippen molar-refractivity contribution in [2.24, 2.45) is 0 Å². The van der Waals surface area contributed by atoms with E-state index in [0.29, 0.717) is 11.4 Å². The van der Waals surface area contributed by atoms with Gasteiger partial charge in [-0.25, -0.2) is 4.39 Å². The lowest BCUT2D eigenvalue weighted by Gasteiger charge is -2.08. The number of amides is 2. The monoisotopic (exact) mass is 316 g/mol. The van der Waals surface area contributed by atoms with Crippen LogP contribution in [0, 0.1) is 12.7 Å². The third kappa shape index (κ3) is 5.78. The maximum absolute atomic E-state index is 12.7. The van der Waals surface area contributed by atoms with E-state index in [0.717, 1.165) is 5.56 Å². The highest BCUT2D eigenvalue weighted by atomic mass is 19.1. The molecule has 0 bridgehead atoms. The first-order valence-electron chi connectivity index (χ1n) is 7.04. The first-order chi connectivity index (χ1) is 11.0. The van der Waals surface area contributed by atoms with Crippen molar-refractivity contribution in [3.05, 3.63) is 59.9 Å². The fourth-order valence-electron chi connectivity index (χ4n) is 1.82. The van der Waals surface area contributed by atoms with Crippen LogP contribution >= 0.6 is 0 Å². The van der Waals surface area contributed by atoms with Crippen molar-refractivity contribution >= 4 is 17.5 Å². The average molecular weight is 316 g/mol. The lowest BCUT2D eigenvalue weighted by atomic mass is 10.2. The molecule has 2 aromatic carbocycles. The average Bonchev–Trinajstić information content (AvgIpc) is 2.53. The first kappa shape index (κ1) is 16.5. The van der Waals surface area contributed by atoms with Gasteiger partial charge >= 0.3 is 0 Å². The van der Waals surface area contributed by atoms with Crippen molar-refractivity contribution in [3.63, 3.8) is 0 Å². The van der Waals surface area contributed by atoms with E-state index in [1.54, 1.807) is 6.07 Å². The Bertz CT molecular complexity index is 686. The molecule has 2 amide bonds. The van der Waals surface area contributed by atoms with E-state index in [9.17, 15) is 14.0 Å². The molecule has 0 aliphatic rings. The number of hydrogen-bond donors (Lipinski definition) is 2. The predicted molar refractivity (Wildman–Crippen MR) is 84.7 cm³/mol. The zero-order valence-electron chi connectivity index (χ0n) is 12.6. The lowest BCUT2D eigenvalue weighted by molar-refractivity contribution is -0.125. The summed E-state index contributed by atoms with van der Waals surface area (Å²) in [5.74, 6) is -0.596. The molecule has 0 fully saturated rings. The summed E-state index contributed by atoms with van der Waals surface area (Å²) in [6.45, 7) is 1.56. The Labute approximate surface area is 133 Å². The number of anilines is 1. The van der Waals surface area contributed by atoms with Crippen molar-refractivity contribution in [1.82, 2.24) is 5.32 Å². The van der Waals surface area contributed by atoms with Crippen LogP contribution < -0.4 is 15.4 Å². The molecule has 0 saturated carbocycles. The Morgan fingerprint density at radius 1 is 1.09 bits per heavy atom. The van der Waals surface area contributed by atoms with E-state index in [-0.39, 0.29) is 19.0 Å². The van der Waals surface area contributed by atoms with Gasteiger partial charge < -0.3 is 15.4 Å². The van der Waals surface area contributed by atoms with Crippen molar-refractivity contribution in [1.29, 1.82) is 0 Å². The standard InChI is InChI=1S/C17H17FN2O3/c1-12-3-2-4-15(9-12)23-11-17(22)19-10-16(21)20-14-7-5-13(18)6-8-14/h2-9H,10-11H2,1H3,(H,19,22)(H,20,21). The Hall–Kier alpha value is -2.89. The van der Waals surface area contributed by atoms with Crippen LogP contribution in [-0.2, 0) is 9.59 Å². The summed E-state index contributed by atoms with van der Waals surface area (Å²) in [5, 5.41) is 4.99. The molecule has 0 aliphatic heterocycles. The normalized spacial score (nSPS) is 10.0. The molecule has 6 heteroatoms. The van der Waals surface area contributed by atoms with Gasteiger partial charge in [-0.1, -0.05) is 12.1 Å². The quantitative estimate of drug-likeness (QED) is 0.859. The molecule has 0 unspecified atom stereocenters. The highest BCUT2D eigenvalue weighted by Crippen LogP contribution is 2.11. The van der Waals surface area contributed by atoms with Crippen molar-refractivity contribution in [2.75, 3.05) is 18.5 Å². The van der Waals surface area contributed by atoms with Gasteiger partial charge in [-0.05, 0) is 48.9 Å². The smallest absolute Gasteiger partial charge is 0.258 e. The molecule has 0 spiro atoms. The second-order valence-corrected chi connectivity index (χ2v) is 4.94. The van der Waals surface area contributed by atoms with Crippen LogP contribution in [-0.4, -0.2) is 25.0 Å². The molecule has 0 saturated heterocycles. The number of ether oxygens (including phenoxy) is 1. The molecular formula is C17H17FN2O3. The van der Waals surface area contributed by atoms with E-state index in [4.69, 9.17) is 4.74 Å². The second kappa shape index (κ2) is 7.93. The van der Waals surface area contributed by atoms with E-state index in [1.165, 1.54) is 24.3 Å². The van der Waals surface area contributed by atoms with Crippen molar-refractivity contribution < 1.29 is 18.7 Å². The van der Waals surface area contributed by atoms with Crippen LogP contribution in [0.15, 0.2) is 48.5 Å². The van der Waals surface area contributed by atoms with Gasteiger partial charge in [0.15, 0.2) is 6.61 Å². The Kier molecular flexibility index (Phi) is 5.68. The predicted octanol–water partition coefficient (Wildman–Crippen LogP) is 2.27. The van der Waals surface area contributed by atoms with Crippen molar-refractivity contribution in [3.8, 4) is 5.75 Å². The molecule has 5 nitrogen and oxygen atoms in total. The number of carbonyl (C=O) groups excluding carboxylic acids is 2. The summed E-state index contributed by atoms with van der Waals surface area (Å²) in [4.78, 5) is 23.3. The third-order valence-electron chi connectivity index (χ3n) is 2.93. The number of hydrogen-bond acceptors (Lipinski definition) is 3. The summed E-state index contributed by atoms with van der Waals surface area (Å²) >= 11 is 0. The van der Waals surface area contributed by atoms with Gasteiger partial charge in [0, 0.05) is 5.69 Å². The van der Waals surface area contributed by atoms with E-state index in [1.807, 2.05) is 25.1 Å². The van der Waals surface area contributed by atoms with Crippen LogP contribution in [0.4, 0.5) is 10.1 Å². The second-order valence-electron chi connectivity index (χ2n) is 4.94. The molecule has 0 radical (unpaired) electrons. The molecule has 0 atom stereocenters. The molecule has 2 rings (SSSR count). The summed E-state index contributed by atoms with van der Waals surface area (Å²) in [5.41, 5.74) is 1.49. The maximum Gasteiger partial charge on any atom is 0.258 e. The minimum absolute atomic E-state index is 0.173. The van der Waals surface area contributed by atoms with Crippen LogP contribution in [0.1, 0.15) is 5.56 Å². The minimum Gasteiger partial charge on any atom is -0.484 e. The third-order valence-corrected chi connectivity index (χ3v) is 2.93. The van der Waals surface area contributed by atoms with Crippen LogP contribution in [0.5, 0.6) is 5.75 Å². The Balaban J connectivity index is 1.71. The molecule has 0 heterocycles. The van der Waals surface area contributed by atoms with Gasteiger partial charge in [0.05, 0.1) is 6.54 Å².